The summed E-state index contributed by atoms with van der Waals surface area (Å²) in [5.41, 5.74) is 1.15. The second-order valence-corrected chi connectivity index (χ2v) is 8.35. The van der Waals surface area contributed by atoms with Gasteiger partial charge in [0.15, 0.2) is 0 Å². The normalized spacial score (nSPS) is 14.3. The number of methoxy groups -OCH3 is 1. The molecule has 172 valence electrons. The van der Waals surface area contributed by atoms with E-state index in [9.17, 15) is 14.0 Å². The van der Waals surface area contributed by atoms with Crippen LogP contribution < -0.4 is 4.74 Å². The summed E-state index contributed by atoms with van der Waals surface area (Å²) in [6, 6.07) is 18.1. The van der Waals surface area contributed by atoms with Crippen LogP contribution in [0.25, 0.3) is 10.8 Å². The summed E-state index contributed by atoms with van der Waals surface area (Å²) >= 11 is 0. The van der Waals surface area contributed by atoms with Crippen molar-refractivity contribution >= 4 is 22.6 Å². The minimum absolute atomic E-state index is 0.0266. The van der Waals surface area contributed by atoms with Crippen LogP contribution in [0, 0.1) is 5.82 Å². The molecule has 0 aliphatic carbocycles. The number of carbonyl (C=O) groups is 2. The summed E-state index contributed by atoms with van der Waals surface area (Å²) in [5.74, 6) is 0.0385. The molecule has 0 N–H and O–H groups in total. The third kappa shape index (κ3) is 5.31. The Hall–Kier alpha value is -3.45. The van der Waals surface area contributed by atoms with Crippen molar-refractivity contribution in [2.45, 2.75) is 6.54 Å². The summed E-state index contributed by atoms with van der Waals surface area (Å²) < 4.78 is 19.2. The molecule has 0 aromatic heterocycles. The van der Waals surface area contributed by atoms with E-state index >= 15 is 0 Å². The van der Waals surface area contributed by atoms with Gasteiger partial charge in [-0.3, -0.25) is 14.5 Å². The Bertz CT molecular complexity index is 1160. The zero-order chi connectivity index (χ0) is 23.4. The first kappa shape index (κ1) is 22.7. The van der Waals surface area contributed by atoms with Gasteiger partial charge in [0, 0.05) is 39.8 Å². The lowest BCUT2D eigenvalue weighted by molar-refractivity contribution is -0.132. The molecule has 1 aliphatic heterocycles. The van der Waals surface area contributed by atoms with Crippen LogP contribution in [-0.2, 0) is 11.3 Å². The molecule has 2 amide bonds. The van der Waals surface area contributed by atoms with Crippen molar-refractivity contribution in [3.05, 3.63) is 77.6 Å². The Labute approximate surface area is 193 Å². The van der Waals surface area contributed by atoms with Crippen molar-refractivity contribution < 1.29 is 18.7 Å². The van der Waals surface area contributed by atoms with Gasteiger partial charge in [-0.05, 0) is 46.7 Å². The Morgan fingerprint density at radius 2 is 1.67 bits per heavy atom. The van der Waals surface area contributed by atoms with Gasteiger partial charge in [-0.2, -0.15) is 0 Å². The number of halogens is 1. The quantitative estimate of drug-likeness (QED) is 0.579. The van der Waals surface area contributed by atoms with Crippen LogP contribution in [0.3, 0.4) is 0 Å². The van der Waals surface area contributed by atoms with Crippen molar-refractivity contribution in [3.8, 4) is 5.75 Å². The van der Waals surface area contributed by atoms with Gasteiger partial charge in [0.25, 0.3) is 5.91 Å². The number of amides is 2. The van der Waals surface area contributed by atoms with Crippen LogP contribution in [0.1, 0.15) is 15.9 Å². The Morgan fingerprint density at radius 1 is 0.970 bits per heavy atom. The molecule has 3 aromatic rings. The molecule has 1 fully saturated rings. The molecule has 4 rings (SSSR count). The highest BCUT2D eigenvalue weighted by Gasteiger charge is 2.25. The number of fused-ring (bicyclic) bond motifs is 1. The van der Waals surface area contributed by atoms with Crippen molar-refractivity contribution in [2.75, 3.05) is 46.9 Å². The third-order valence-corrected chi connectivity index (χ3v) is 6.08. The number of hydrogen-bond donors (Lipinski definition) is 0. The summed E-state index contributed by atoms with van der Waals surface area (Å²) in [5, 5.41) is 2.19. The Morgan fingerprint density at radius 3 is 2.39 bits per heavy atom. The smallest absolute Gasteiger partial charge is 0.256 e. The molecular weight excluding hydrogens is 421 g/mol. The van der Waals surface area contributed by atoms with Crippen molar-refractivity contribution in [3.63, 3.8) is 0 Å². The lowest BCUT2D eigenvalue weighted by atomic mass is 10.1. The Balaban J connectivity index is 1.29. The molecule has 0 spiro atoms. The van der Waals surface area contributed by atoms with E-state index in [1.807, 2.05) is 35.2 Å². The number of piperazine rings is 1. The van der Waals surface area contributed by atoms with Gasteiger partial charge < -0.3 is 14.5 Å². The van der Waals surface area contributed by atoms with Gasteiger partial charge in [0.1, 0.15) is 11.6 Å². The van der Waals surface area contributed by atoms with Gasteiger partial charge in [0.05, 0.1) is 19.2 Å². The fraction of sp³-hybridized carbons (Fsp3) is 0.308. The van der Waals surface area contributed by atoms with E-state index in [1.54, 1.807) is 36.1 Å². The second kappa shape index (κ2) is 10.0. The van der Waals surface area contributed by atoms with E-state index in [0.717, 1.165) is 22.1 Å². The molecule has 3 aromatic carbocycles. The minimum atomic E-state index is -0.505. The first-order chi connectivity index (χ1) is 15.9. The molecule has 1 saturated heterocycles. The van der Waals surface area contributed by atoms with Gasteiger partial charge in [0.2, 0.25) is 5.91 Å². The molecule has 33 heavy (non-hydrogen) atoms. The van der Waals surface area contributed by atoms with Crippen LogP contribution in [-0.4, -0.2) is 73.4 Å². The maximum Gasteiger partial charge on any atom is 0.256 e. The molecule has 7 heteroatoms. The van der Waals surface area contributed by atoms with Crippen LogP contribution in [0.4, 0.5) is 4.39 Å². The highest BCUT2D eigenvalue weighted by molar-refractivity contribution is 5.94. The van der Waals surface area contributed by atoms with E-state index < -0.39 is 5.82 Å². The lowest BCUT2D eigenvalue weighted by Gasteiger charge is -2.35. The maximum absolute atomic E-state index is 13.9. The molecule has 0 bridgehead atoms. The summed E-state index contributed by atoms with van der Waals surface area (Å²) in [4.78, 5) is 30.8. The molecule has 0 atom stereocenters. The van der Waals surface area contributed by atoms with Crippen LogP contribution in [0.15, 0.2) is 60.7 Å². The molecule has 0 saturated carbocycles. The second-order valence-electron chi connectivity index (χ2n) is 8.35. The largest absolute Gasteiger partial charge is 0.497 e. The van der Waals surface area contributed by atoms with Crippen molar-refractivity contribution in [2.24, 2.45) is 0 Å². The summed E-state index contributed by atoms with van der Waals surface area (Å²) in [7, 11) is 3.45. The van der Waals surface area contributed by atoms with Gasteiger partial charge in [-0.1, -0.05) is 30.3 Å². The van der Waals surface area contributed by atoms with Crippen LogP contribution in [0.2, 0.25) is 0 Å². The SMILES string of the molecule is COc1ccc2cc(CN(C)C(=O)CN3CCN(C(=O)c4ccccc4F)CC3)ccc2c1. The lowest BCUT2D eigenvalue weighted by Crippen LogP contribution is -2.51. The highest BCUT2D eigenvalue weighted by atomic mass is 19.1. The fourth-order valence-electron chi connectivity index (χ4n) is 4.09. The molecule has 0 unspecified atom stereocenters. The standard InChI is InChI=1S/C26H28FN3O3/c1-28(17-19-7-8-21-16-22(33-2)10-9-20(21)15-19)25(31)18-29-11-13-30(14-12-29)26(32)23-5-3-4-6-24(23)27/h3-10,15-16H,11-14,17-18H2,1-2H3. The van der Waals surface area contributed by atoms with Crippen molar-refractivity contribution in [1.29, 1.82) is 0 Å². The number of rotatable bonds is 6. The minimum Gasteiger partial charge on any atom is -0.497 e. The van der Waals surface area contributed by atoms with Crippen LogP contribution >= 0.6 is 0 Å². The number of ether oxygens (including phenoxy) is 1. The predicted molar refractivity (Wildman–Crippen MR) is 126 cm³/mol. The first-order valence-electron chi connectivity index (χ1n) is 11.0. The predicted octanol–water partition coefficient (Wildman–Crippen LogP) is 3.40. The zero-order valence-electron chi connectivity index (χ0n) is 19.0. The molecular formula is C26H28FN3O3. The zero-order valence-corrected chi connectivity index (χ0v) is 19.0. The number of benzene rings is 3. The average Bonchev–Trinajstić information content (AvgIpc) is 2.84. The monoisotopic (exact) mass is 449 g/mol. The van der Waals surface area contributed by atoms with Gasteiger partial charge in [-0.25, -0.2) is 4.39 Å². The maximum atomic E-state index is 13.9. The number of likely N-dealkylation sites (N-methyl/N-ethyl adjacent to an activating group) is 1. The topological polar surface area (TPSA) is 53.1 Å². The van der Waals surface area contributed by atoms with E-state index in [0.29, 0.717) is 39.3 Å². The van der Waals surface area contributed by atoms with E-state index in [2.05, 4.69) is 6.07 Å². The summed E-state index contributed by atoms with van der Waals surface area (Å²) in [6.45, 7) is 2.92. The number of hydrogen-bond acceptors (Lipinski definition) is 4. The Kier molecular flexibility index (Phi) is 6.89. The van der Waals surface area contributed by atoms with Gasteiger partial charge in [-0.15, -0.1) is 0 Å². The van der Waals surface area contributed by atoms with Crippen molar-refractivity contribution in [1.82, 2.24) is 14.7 Å². The highest BCUT2D eigenvalue weighted by Crippen LogP contribution is 2.22. The third-order valence-electron chi connectivity index (χ3n) is 6.08. The molecule has 0 radical (unpaired) electrons. The molecule has 6 nitrogen and oxygen atoms in total. The molecule has 1 aliphatic rings. The number of nitrogens with zero attached hydrogens (tertiary/aromatic N) is 3. The van der Waals surface area contributed by atoms with E-state index in [4.69, 9.17) is 4.74 Å². The first-order valence-corrected chi connectivity index (χ1v) is 11.0. The van der Waals surface area contributed by atoms with Gasteiger partial charge >= 0.3 is 0 Å². The van der Waals surface area contributed by atoms with Crippen LogP contribution in [0.5, 0.6) is 5.75 Å². The number of carbonyl (C=O) groups excluding carboxylic acids is 2. The summed E-state index contributed by atoms with van der Waals surface area (Å²) in [6.07, 6.45) is 0. The van der Waals surface area contributed by atoms with E-state index in [-0.39, 0.29) is 17.4 Å². The average molecular weight is 450 g/mol. The fourth-order valence-corrected chi connectivity index (χ4v) is 4.09. The molecule has 1 heterocycles. The van der Waals surface area contributed by atoms with E-state index in [1.165, 1.54) is 12.1 Å².